The summed E-state index contributed by atoms with van der Waals surface area (Å²) in [6.45, 7) is 7.94. The summed E-state index contributed by atoms with van der Waals surface area (Å²) in [5, 5.41) is 6.19. The van der Waals surface area contributed by atoms with E-state index >= 15 is 0 Å². The van der Waals surface area contributed by atoms with Crippen molar-refractivity contribution >= 4 is 17.6 Å². The minimum Gasteiger partial charge on any atom is -0.473 e. The van der Waals surface area contributed by atoms with Crippen molar-refractivity contribution in [3.05, 3.63) is 28.3 Å². The second-order valence-corrected chi connectivity index (χ2v) is 5.00. The van der Waals surface area contributed by atoms with Crippen molar-refractivity contribution < 1.29 is 9.53 Å². The van der Waals surface area contributed by atoms with Crippen LogP contribution < -0.4 is 15.4 Å². The zero-order valence-corrected chi connectivity index (χ0v) is 12.6. The standard InChI is InChI=1S/C14H21ClN2O2/c1-5-11(4)17-14(18)16-8-19-12-6-9(2)13(15)10(3)7-12/h6-7,11H,5,8H2,1-4H3,(H2,16,17,18). The average Bonchev–Trinajstić information content (AvgIpc) is 2.35. The molecule has 0 aliphatic heterocycles. The molecule has 1 rings (SSSR count). The van der Waals surface area contributed by atoms with E-state index in [4.69, 9.17) is 16.3 Å². The molecule has 0 saturated carbocycles. The molecular weight excluding hydrogens is 264 g/mol. The largest absolute Gasteiger partial charge is 0.473 e. The molecule has 1 aromatic rings. The molecule has 0 spiro atoms. The molecule has 0 radical (unpaired) electrons. The molecule has 0 bridgehead atoms. The van der Waals surface area contributed by atoms with Crippen molar-refractivity contribution in [2.24, 2.45) is 0 Å². The molecule has 2 N–H and O–H groups in total. The highest BCUT2D eigenvalue weighted by Gasteiger charge is 2.06. The molecule has 106 valence electrons. The molecule has 1 atom stereocenters. The van der Waals surface area contributed by atoms with E-state index in [1.165, 1.54) is 0 Å². The van der Waals surface area contributed by atoms with Gasteiger partial charge in [0, 0.05) is 11.1 Å². The van der Waals surface area contributed by atoms with Gasteiger partial charge in [-0.2, -0.15) is 0 Å². The van der Waals surface area contributed by atoms with Gasteiger partial charge in [0.15, 0.2) is 6.73 Å². The van der Waals surface area contributed by atoms with E-state index in [-0.39, 0.29) is 18.8 Å². The first kappa shape index (κ1) is 15.6. The first-order valence-electron chi connectivity index (χ1n) is 6.38. The maximum absolute atomic E-state index is 11.5. The molecule has 0 aliphatic rings. The van der Waals surface area contributed by atoms with E-state index in [0.29, 0.717) is 5.75 Å². The number of hydrogen-bond acceptors (Lipinski definition) is 2. The first-order valence-corrected chi connectivity index (χ1v) is 6.75. The van der Waals surface area contributed by atoms with E-state index in [1.807, 2.05) is 39.8 Å². The Morgan fingerprint density at radius 1 is 1.37 bits per heavy atom. The lowest BCUT2D eigenvalue weighted by Crippen LogP contribution is -2.41. The summed E-state index contributed by atoms with van der Waals surface area (Å²) < 4.78 is 5.48. The smallest absolute Gasteiger partial charge is 0.317 e. The third-order valence-electron chi connectivity index (χ3n) is 2.87. The summed E-state index contributed by atoms with van der Waals surface area (Å²) in [6.07, 6.45) is 0.893. The molecule has 5 heteroatoms. The van der Waals surface area contributed by atoms with Crippen LogP contribution in [0.1, 0.15) is 31.4 Å². The van der Waals surface area contributed by atoms with Crippen molar-refractivity contribution in [2.75, 3.05) is 6.73 Å². The van der Waals surface area contributed by atoms with Crippen molar-refractivity contribution in [1.29, 1.82) is 0 Å². The quantitative estimate of drug-likeness (QED) is 0.814. The molecule has 0 heterocycles. The van der Waals surface area contributed by atoms with E-state index < -0.39 is 0 Å². The number of halogens is 1. The molecule has 1 aromatic carbocycles. The van der Waals surface area contributed by atoms with E-state index in [1.54, 1.807) is 0 Å². The molecule has 1 unspecified atom stereocenters. The van der Waals surface area contributed by atoms with Crippen molar-refractivity contribution in [3.8, 4) is 5.75 Å². The Morgan fingerprint density at radius 2 is 1.95 bits per heavy atom. The zero-order chi connectivity index (χ0) is 14.4. The Hall–Kier alpha value is -1.42. The summed E-state index contributed by atoms with van der Waals surface area (Å²) >= 11 is 6.07. The summed E-state index contributed by atoms with van der Waals surface area (Å²) in [5.41, 5.74) is 1.92. The molecule has 2 amide bonds. The van der Waals surface area contributed by atoms with Gasteiger partial charge in [-0.25, -0.2) is 4.79 Å². The number of carbonyl (C=O) groups is 1. The van der Waals surface area contributed by atoms with Crippen LogP contribution in [0.3, 0.4) is 0 Å². The van der Waals surface area contributed by atoms with Crippen LogP contribution in [0.15, 0.2) is 12.1 Å². The average molecular weight is 285 g/mol. The summed E-state index contributed by atoms with van der Waals surface area (Å²) in [4.78, 5) is 11.5. The summed E-state index contributed by atoms with van der Waals surface area (Å²) in [7, 11) is 0. The number of nitrogens with one attached hydrogen (secondary N) is 2. The van der Waals surface area contributed by atoms with Gasteiger partial charge >= 0.3 is 6.03 Å². The Balaban J connectivity index is 2.43. The van der Waals surface area contributed by atoms with Crippen molar-refractivity contribution in [2.45, 2.75) is 40.2 Å². The number of urea groups is 1. The highest BCUT2D eigenvalue weighted by Crippen LogP contribution is 2.25. The van der Waals surface area contributed by atoms with Crippen LogP contribution in [0, 0.1) is 13.8 Å². The predicted molar refractivity (Wildman–Crippen MR) is 77.8 cm³/mol. The normalized spacial score (nSPS) is 11.8. The van der Waals surface area contributed by atoms with Gasteiger partial charge in [-0.05, 0) is 50.5 Å². The molecule has 0 aromatic heterocycles. The number of rotatable bonds is 5. The highest BCUT2D eigenvalue weighted by atomic mass is 35.5. The second-order valence-electron chi connectivity index (χ2n) is 4.62. The topological polar surface area (TPSA) is 50.4 Å². The van der Waals surface area contributed by atoms with Crippen LogP contribution >= 0.6 is 11.6 Å². The van der Waals surface area contributed by atoms with Gasteiger partial charge in [-0.3, -0.25) is 0 Å². The Morgan fingerprint density at radius 3 is 2.47 bits per heavy atom. The minimum atomic E-state index is -0.225. The van der Waals surface area contributed by atoms with Crippen molar-refractivity contribution in [3.63, 3.8) is 0 Å². The second kappa shape index (κ2) is 7.24. The van der Waals surface area contributed by atoms with Crippen LogP contribution in [-0.4, -0.2) is 18.8 Å². The molecular formula is C14H21ClN2O2. The van der Waals surface area contributed by atoms with E-state index in [9.17, 15) is 4.79 Å². The Kier molecular flexibility index (Phi) is 5.96. The fourth-order valence-corrected chi connectivity index (χ4v) is 1.66. The van der Waals surface area contributed by atoms with Gasteiger partial charge in [-0.15, -0.1) is 0 Å². The van der Waals surface area contributed by atoms with E-state index in [2.05, 4.69) is 10.6 Å². The number of hydrogen-bond donors (Lipinski definition) is 2. The molecule has 0 aliphatic carbocycles. The minimum absolute atomic E-state index is 0.128. The van der Waals surface area contributed by atoms with Gasteiger partial charge in [0.05, 0.1) is 0 Å². The predicted octanol–water partition coefficient (Wildman–Crippen LogP) is 3.39. The Labute approximate surface area is 119 Å². The summed E-state index contributed by atoms with van der Waals surface area (Å²) in [5.74, 6) is 0.697. The SMILES string of the molecule is CCC(C)NC(=O)NCOc1cc(C)c(Cl)c(C)c1. The lowest BCUT2D eigenvalue weighted by molar-refractivity contribution is 0.221. The maximum atomic E-state index is 11.5. The molecule has 19 heavy (non-hydrogen) atoms. The van der Waals surface area contributed by atoms with Crippen LogP contribution in [0.2, 0.25) is 5.02 Å². The molecule has 4 nitrogen and oxygen atoms in total. The number of aryl methyl sites for hydroxylation is 2. The van der Waals surface area contributed by atoms with E-state index in [0.717, 1.165) is 22.6 Å². The lowest BCUT2D eigenvalue weighted by atomic mass is 10.1. The monoisotopic (exact) mass is 284 g/mol. The number of ether oxygens (including phenoxy) is 1. The van der Waals surface area contributed by atoms with Gasteiger partial charge in [0.1, 0.15) is 5.75 Å². The van der Waals surface area contributed by atoms with Gasteiger partial charge in [-0.1, -0.05) is 18.5 Å². The lowest BCUT2D eigenvalue weighted by Gasteiger charge is -2.14. The van der Waals surface area contributed by atoms with Gasteiger partial charge in [0.2, 0.25) is 0 Å². The number of amides is 2. The van der Waals surface area contributed by atoms with Crippen LogP contribution in [0.5, 0.6) is 5.75 Å². The fourth-order valence-electron chi connectivity index (χ4n) is 1.55. The van der Waals surface area contributed by atoms with Crippen LogP contribution in [0.4, 0.5) is 4.79 Å². The zero-order valence-electron chi connectivity index (χ0n) is 11.8. The first-order chi connectivity index (χ1) is 8.93. The Bertz CT molecular complexity index is 426. The molecule has 0 fully saturated rings. The fraction of sp³-hybridized carbons (Fsp3) is 0.500. The van der Waals surface area contributed by atoms with Gasteiger partial charge in [0.25, 0.3) is 0 Å². The van der Waals surface area contributed by atoms with Gasteiger partial charge < -0.3 is 15.4 Å². The third-order valence-corrected chi connectivity index (χ3v) is 3.47. The number of carbonyl (C=O) groups excluding carboxylic acids is 1. The maximum Gasteiger partial charge on any atom is 0.317 e. The molecule has 0 saturated heterocycles. The number of benzene rings is 1. The summed E-state index contributed by atoms with van der Waals surface area (Å²) in [6, 6.07) is 3.63. The third kappa shape index (κ3) is 4.99. The van der Waals surface area contributed by atoms with Crippen LogP contribution in [0.25, 0.3) is 0 Å². The highest BCUT2D eigenvalue weighted by molar-refractivity contribution is 6.32. The van der Waals surface area contributed by atoms with Crippen molar-refractivity contribution in [1.82, 2.24) is 10.6 Å². The van der Waals surface area contributed by atoms with Crippen LogP contribution in [-0.2, 0) is 0 Å².